The molecular weight excluding hydrogens is 235 g/mol. The fraction of sp³-hybridized carbons (Fsp3) is 0.231. The molecule has 1 unspecified atom stereocenters. The van der Waals surface area contributed by atoms with Crippen molar-refractivity contribution in [2.75, 3.05) is 0 Å². The van der Waals surface area contributed by atoms with Crippen LogP contribution in [0.1, 0.15) is 10.4 Å². The SMILES string of the molecule is NNC(Cc1cccc(F)c1)Cc1cccs1. The molecule has 3 N–H and O–H groups in total. The Hall–Kier alpha value is -1.23. The number of nitrogens with two attached hydrogens (primary N) is 1. The predicted molar refractivity (Wildman–Crippen MR) is 69.2 cm³/mol. The summed E-state index contributed by atoms with van der Waals surface area (Å²) in [6, 6.07) is 10.9. The molecule has 0 radical (unpaired) electrons. The van der Waals surface area contributed by atoms with E-state index in [4.69, 9.17) is 5.84 Å². The third kappa shape index (κ3) is 3.63. The maximum Gasteiger partial charge on any atom is 0.123 e. The van der Waals surface area contributed by atoms with E-state index >= 15 is 0 Å². The van der Waals surface area contributed by atoms with Gasteiger partial charge >= 0.3 is 0 Å². The largest absolute Gasteiger partial charge is 0.271 e. The first-order chi connectivity index (χ1) is 8.28. The van der Waals surface area contributed by atoms with Gasteiger partial charge in [0.25, 0.3) is 0 Å². The van der Waals surface area contributed by atoms with Gasteiger partial charge < -0.3 is 0 Å². The molecule has 2 nitrogen and oxygen atoms in total. The van der Waals surface area contributed by atoms with Crippen LogP contribution in [0, 0.1) is 5.82 Å². The van der Waals surface area contributed by atoms with Gasteiger partial charge in [-0.2, -0.15) is 0 Å². The Bertz CT molecular complexity index is 456. The van der Waals surface area contributed by atoms with Gasteiger partial charge in [0.1, 0.15) is 5.82 Å². The fourth-order valence-electron chi connectivity index (χ4n) is 1.81. The minimum Gasteiger partial charge on any atom is -0.271 e. The summed E-state index contributed by atoms with van der Waals surface area (Å²) < 4.78 is 13.0. The standard InChI is InChI=1S/C13H15FN2S/c14-11-4-1-3-10(7-11)8-12(16-15)9-13-5-2-6-17-13/h1-7,12,16H,8-9,15H2. The number of thiophene rings is 1. The molecule has 0 spiro atoms. The molecule has 0 aliphatic carbocycles. The van der Waals surface area contributed by atoms with Crippen LogP contribution < -0.4 is 11.3 Å². The molecule has 90 valence electrons. The van der Waals surface area contributed by atoms with E-state index in [1.807, 2.05) is 17.5 Å². The third-order valence-electron chi connectivity index (χ3n) is 2.63. The van der Waals surface area contributed by atoms with Gasteiger partial charge in [0.2, 0.25) is 0 Å². The van der Waals surface area contributed by atoms with E-state index in [-0.39, 0.29) is 11.9 Å². The van der Waals surface area contributed by atoms with Gasteiger partial charge in [-0.25, -0.2) is 4.39 Å². The molecule has 1 heterocycles. The number of benzene rings is 1. The maximum absolute atomic E-state index is 13.0. The zero-order chi connectivity index (χ0) is 12.1. The molecule has 1 aromatic carbocycles. The van der Waals surface area contributed by atoms with Crippen molar-refractivity contribution in [2.24, 2.45) is 5.84 Å². The van der Waals surface area contributed by atoms with Crippen molar-refractivity contribution in [3.05, 3.63) is 58.0 Å². The number of hydrogen-bond donors (Lipinski definition) is 2. The van der Waals surface area contributed by atoms with Gasteiger partial charge in [-0.05, 0) is 42.0 Å². The smallest absolute Gasteiger partial charge is 0.123 e. The van der Waals surface area contributed by atoms with Crippen LogP contribution in [0.3, 0.4) is 0 Å². The molecule has 0 saturated carbocycles. The molecule has 1 atom stereocenters. The van der Waals surface area contributed by atoms with Crippen molar-refractivity contribution in [3.8, 4) is 0 Å². The van der Waals surface area contributed by atoms with E-state index in [0.29, 0.717) is 0 Å². The number of nitrogens with one attached hydrogen (secondary N) is 1. The normalized spacial score (nSPS) is 12.6. The lowest BCUT2D eigenvalue weighted by Gasteiger charge is -2.15. The van der Waals surface area contributed by atoms with Gasteiger partial charge in [-0.3, -0.25) is 11.3 Å². The quantitative estimate of drug-likeness (QED) is 0.632. The highest BCUT2D eigenvalue weighted by Gasteiger charge is 2.09. The van der Waals surface area contributed by atoms with Crippen LogP contribution >= 0.6 is 11.3 Å². The Morgan fingerprint density at radius 1 is 1.24 bits per heavy atom. The summed E-state index contributed by atoms with van der Waals surface area (Å²) >= 11 is 1.71. The summed E-state index contributed by atoms with van der Waals surface area (Å²) in [5.74, 6) is 5.34. The first-order valence-corrected chi connectivity index (χ1v) is 6.39. The molecule has 17 heavy (non-hydrogen) atoms. The first-order valence-electron chi connectivity index (χ1n) is 5.51. The highest BCUT2D eigenvalue weighted by molar-refractivity contribution is 7.09. The Morgan fingerprint density at radius 2 is 2.12 bits per heavy atom. The zero-order valence-electron chi connectivity index (χ0n) is 9.40. The molecule has 0 fully saturated rings. The van der Waals surface area contributed by atoms with Crippen molar-refractivity contribution < 1.29 is 4.39 Å². The van der Waals surface area contributed by atoms with Crippen molar-refractivity contribution in [3.63, 3.8) is 0 Å². The molecule has 2 aromatic rings. The molecule has 0 aliphatic heterocycles. The zero-order valence-corrected chi connectivity index (χ0v) is 10.2. The van der Waals surface area contributed by atoms with Crippen LogP contribution in [-0.4, -0.2) is 6.04 Å². The summed E-state index contributed by atoms with van der Waals surface area (Å²) in [6.07, 6.45) is 1.59. The lowest BCUT2D eigenvalue weighted by Crippen LogP contribution is -2.38. The van der Waals surface area contributed by atoms with Crippen molar-refractivity contribution in [1.82, 2.24) is 5.43 Å². The molecule has 0 aliphatic rings. The molecule has 2 rings (SSSR count). The predicted octanol–water partition coefficient (Wildman–Crippen LogP) is 2.50. The van der Waals surface area contributed by atoms with Gasteiger partial charge in [0.05, 0.1) is 0 Å². The van der Waals surface area contributed by atoms with E-state index in [2.05, 4.69) is 11.5 Å². The van der Waals surface area contributed by atoms with Gasteiger partial charge in [-0.1, -0.05) is 18.2 Å². The molecule has 0 amide bonds. The van der Waals surface area contributed by atoms with Crippen LogP contribution in [0.2, 0.25) is 0 Å². The average molecular weight is 250 g/mol. The summed E-state index contributed by atoms with van der Waals surface area (Å²) in [4.78, 5) is 1.28. The maximum atomic E-state index is 13.0. The number of halogens is 1. The van der Waals surface area contributed by atoms with Gasteiger partial charge in [0.15, 0.2) is 0 Å². The minimum absolute atomic E-state index is 0.135. The minimum atomic E-state index is -0.200. The van der Waals surface area contributed by atoms with Crippen LogP contribution in [0.4, 0.5) is 4.39 Å². The molecule has 0 bridgehead atoms. The van der Waals surface area contributed by atoms with E-state index < -0.39 is 0 Å². The second-order valence-electron chi connectivity index (χ2n) is 3.98. The molecule has 4 heteroatoms. The first kappa shape index (κ1) is 12.2. The highest BCUT2D eigenvalue weighted by atomic mass is 32.1. The monoisotopic (exact) mass is 250 g/mol. The van der Waals surface area contributed by atoms with Crippen LogP contribution in [0.5, 0.6) is 0 Å². The second kappa shape index (κ2) is 5.91. The van der Waals surface area contributed by atoms with Gasteiger partial charge in [-0.15, -0.1) is 11.3 Å². The number of hydrogen-bond acceptors (Lipinski definition) is 3. The topological polar surface area (TPSA) is 38.0 Å². The lowest BCUT2D eigenvalue weighted by atomic mass is 10.0. The average Bonchev–Trinajstić information content (AvgIpc) is 2.81. The van der Waals surface area contributed by atoms with Crippen molar-refractivity contribution in [2.45, 2.75) is 18.9 Å². The van der Waals surface area contributed by atoms with E-state index in [9.17, 15) is 4.39 Å². The van der Waals surface area contributed by atoms with Crippen LogP contribution in [-0.2, 0) is 12.8 Å². The summed E-state index contributed by atoms with van der Waals surface area (Å²) in [6.45, 7) is 0. The summed E-state index contributed by atoms with van der Waals surface area (Å²) in [5.41, 5.74) is 3.76. The lowest BCUT2D eigenvalue weighted by molar-refractivity contribution is 0.523. The fourth-order valence-corrected chi connectivity index (χ4v) is 2.60. The van der Waals surface area contributed by atoms with Crippen LogP contribution in [0.25, 0.3) is 0 Å². The number of hydrazine groups is 1. The van der Waals surface area contributed by atoms with E-state index in [1.165, 1.54) is 10.9 Å². The Morgan fingerprint density at radius 3 is 2.76 bits per heavy atom. The Kier molecular flexibility index (Phi) is 4.25. The molecular formula is C13H15FN2S. The van der Waals surface area contributed by atoms with Crippen molar-refractivity contribution in [1.29, 1.82) is 0 Å². The second-order valence-corrected chi connectivity index (χ2v) is 5.01. The molecule has 1 aromatic heterocycles. The highest BCUT2D eigenvalue weighted by Crippen LogP contribution is 2.14. The Balaban J connectivity index is 2.00. The van der Waals surface area contributed by atoms with Crippen molar-refractivity contribution >= 4 is 11.3 Å². The summed E-state index contributed by atoms with van der Waals surface area (Å²) in [5, 5.41) is 2.05. The molecule has 0 saturated heterocycles. The van der Waals surface area contributed by atoms with E-state index in [1.54, 1.807) is 23.5 Å². The number of rotatable bonds is 5. The van der Waals surface area contributed by atoms with Crippen LogP contribution in [0.15, 0.2) is 41.8 Å². The van der Waals surface area contributed by atoms with Gasteiger partial charge in [0, 0.05) is 10.9 Å². The third-order valence-corrected chi connectivity index (χ3v) is 3.53. The summed E-state index contributed by atoms with van der Waals surface area (Å²) in [7, 11) is 0. The van der Waals surface area contributed by atoms with E-state index in [0.717, 1.165) is 18.4 Å². The Labute approximate surface area is 104 Å².